The Kier molecular flexibility index (Phi) is 7.85. The number of aromatic amines is 1. The van der Waals surface area contributed by atoms with Crippen LogP contribution in [-0.2, 0) is 4.79 Å². The maximum absolute atomic E-state index is 15.1. The van der Waals surface area contributed by atoms with Crippen molar-refractivity contribution >= 4 is 51.8 Å². The molecule has 0 bridgehead atoms. The summed E-state index contributed by atoms with van der Waals surface area (Å²) in [7, 11) is 1.79. The first kappa shape index (κ1) is 25.3. The Morgan fingerprint density at radius 2 is 1.97 bits per heavy atom. The molecule has 3 heterocycles. The number of nitrogens with zero attached hydrogens (tertiary/aromatic N) is 4. The van der Waals surface area contributed by atoms with E-state index >= 15 is 4.39 Å². The van der Waals surface area contributed by atoms with Gasteiger partial charge in [-0.15, -0.1) is 0 Å². The number of carbonyl (C=O) groups is 1. The van der Waals surface area contributed by atoms with Crippen LogP contribution in [0.25, 0.3) is 0 Å². The molecule has 0 spiro atoms. The van der Waals surface area contributed by atoms with E-state index in [4.69, 9.17) is 0 Å². The molecule has 2 aromatic heterocycles. The molecule has 1 aliphatic rings. The SMILES string of the molecule is CNC(C)C(=O)N1CCC(c2cc(F)c(Nc3ncc(I)c(Nc4cc(C)[nH]n4)n3)cc2C)CC1. The predicted molar refractivity (Wildman–Crippen MR) is 143 cm³/mol. The van der Waals surface area contributed by atoms with E-state index in [2.05, 4.69) is 58.7 Å². The monoisotopic (exact) mass is 592 g/mol. The number of nitrogens with one attached hydrogen (secondary N) is 4. The molecule has 186 valence electrons. The normalized spacial score (nSPS) is 15.2. The van der Waals surface area contributed by atoms with Crippen LogP contribution < -0.4 is 16.0 Å². The minimum absolute atomic E-state index is 0.113. The van der Waals surface area contributed by atoms with Crippen LogP contribution in [0.2, 0.25) is 0 Å². The second kappa shape index (κ2) is 10.9. The minimum atomic E-state index is -0.354. The average molecular weight is 592 g/mol. The van der Waals surface area contributed by atoms with E-state index in [-0.39, 0.29) is 29.6 Å². The van der Waals surface area contributed by atoms with Crippen molar-refractivity contribution in [1.82, 2.24) is 30.4 Å². The molecule has 4 rings (SSSR count). The van der Waals surface area contributed by atoms with Crippen molar-refractivity contribution in [3.63, 3.8) is 0 Å². The minimum Gasteiger partial charge on any atom is -0.341 e. The summed E-state index contributed by atoms with van der Waals surface area (Å²) in [6, 6.07) is 5.08. The number of hydrogen-bond donors (Lipinski definition) is 4. The number of amides is 1. The Bertz CT molecular complexity index is 1210. The van der Waals surface area contributed by atoms with Crippen LogP contribution in [0.5, 0.6) is 0 Å². The number of hydrogen-bond acceptors (Lipinski definition) is 7. The number of aryl methyl sites for hydroxylation is 2. The molecule has 1 saturated heterocycles. The molecular weight excluding hydrogens is 562 g/mol. The van der Waals surface area contributed by atoms with Crippen LogP contribution >= 0.6 is 22.6 Å². The van der Waals surface area contributed by atoms with Crippen LogP contribution in [0.1, 0.15) is 42.5 Å². The predicted octanol–water partition coefficient (Wildman–Crippen LogP) is 4.36. The quantitative estimate of drug-likeness (QED) is 0.302. The number of benzene rings is 1. The number of piperidine rings is 1. The number of anilines is 4. The summed E-state index contributed by atoms with van der Waals surface area (Å²) in [4.78, 5) is 23.1. The van der Waals surface area contributed by atoms with Gasteiger partial charge < -0.3 is 20.9 Å². The van der Waals surface area contributed by atoms with Crippen LogP contribution in [0.4, 0.5) is 27.7 Å². The molecule has 1 aliphatic heterocycles. The Morgan fingerprint density at radius 3 is 2.63 bits per heavy atom. The van der Waals surface area contributed by atoms with Gasteiger partial charge in [-0.25, -0.2) is 9.37 Å². The number of rotatable bonds is 7. The van der Waals surface area contributed by atoms with Gasteiger partial charge in [0.1, 0.15) is 5.82 Å². The Morgan fingerprint density at radius 1 is 1.23 bits per heavy atom. The van der Waals surface area contributed by atoms with Crippen LogP contribution in [0.3, 0.4) is 0 Å². The van der Waals surface area contributed by atoms with Crippen molar-refractivity contribution in [3.8, 4) is 0 Å². The highest BCUT2D eigenvalue weighted by Gasteiger charge is 2.27. The lowest BCUT2D eigenvalue weighted by Gasteiger charge is -2.34. The van der Waals surface area contributed by atoms with E-state index in [1.165, 1.54) is 0 Å². The Hall–Kier alpha value is -2.80. The van der Waals surface area contributed by atoms with Crippen molar-refractivity contribution < 1.29 is 9.18 Å². The van der Waals surface area contributed by atoms with Gasteiger partial charge in [-0.3, -0.25) is 9.89 Å². The van der Waals surface area contributed by atoms with Crippen molar-refractivity contribution in [3.05, 3.63) is 50.6 Å². The molecule has 1 aromatic carbocycles. The highest BCUT2D eigenvalue weighted by Crippen LogP contribution is 2.34. The Labute approximate surface area is 217 Å². The van der Waals surface area contributed by atoms with Gasteiger partial charge in [0.15, 0.2) is 11.6 Å². The number of likely N-dealkylation sites (tertiary alicyclic amines) is 1. The largest absolute Gasteiger partial charge is 0.341 e. The fourth-order valence-electron chi connectivity index (χ4n) is 4.28. The molecule has 35 heavy (non-hydrogen) atoms. The molecule has 1 atom stereocenters. The number of likely N-dealkylation sites (N-methyl/N-ethyl adjacent to an activating group) is 1. The average Bonchev–Trinajstić information content (AvgIpc) is 3.26. The van der Waals surface area contributed by atoms with Crippen molar-refractivity contribution in [2.24, 2.45) is 0 Å². The lowest BCUT2D eigenvalue weighted by molar-refractivity contribution is -0.133. The molecule has 0 saturated carbocycles. The molecule has 1 unspecified atom stereocenters. The number of H-pyrrole nitrogens is 1. The molecule has 1 fully saturated rings. The fourth-order valence-corrected chi connectivity index (χ4v) is 4.67. The van der Waals surface area contributed by atoms with Crippen LogP contribution in [0, 0.1) is 23.2 Å². The first-order chi connectivity index (χ1) is 16.7. The molecule has 3 aromatic rings. The van der Waals surface area contributed by atoms with Gasteiger partial charge in [-0.05, 0) is 92.4 Å². The summed E-state index contributed by atoms with van der Waals surface area (Å²) in [5.41, 5.74) is 3.24. The molecule has 4 N–H and O–H groups in total. The van der Waals surface area contributed by atoms with Gasteiger partial charge in [0, 0.05) is 31.0 Å². The Balaban J connectivity index is 1.46. The lowest BCUT2D eigenvalue weighted by atomic mass is 9.86. The van der Waals surface area contributed by atoms with Crippen molar-refractivity contribution in [1.29, 1.82) is 0 Å². The smallest absolute Gasteiger partial charge is 0.239 e. The standard InChI is InChI=1S/C24H30FIN8O/c1-13-9-20(29-24-28-12-19(26)22(31-24)30-21-10-14(2)32-33-21)18(25)11-17(13)16-5-7-34(8-6-16)23(35)15(3)27-4/h9-12,15-16,27H,5-8H2,1-4H3,(H3,28,29,30,31,32,33). The first-order valence-corrected chi connectivity index (χ1v) is 12.7. The van der Waals surface area contributed by atoms with Gasteiger partial charge in [0.25, 0.3) is 0 Å². The molecular formula is C24H30FIN8O. The summed E-state index contributed by atoms with van der Waals surface area (Å²) in [5.74, 6) is 1.49. The summed E-state index contributed by atoms with van der Waals surface area (Å²) in [5, 5.41) is 16.2. The second-order valence-electron chi connectivity index (χ2n) is 8.87. The maximum Gasteiger partial charge on any atom is 0.239 e. The topological polar surface area (TPSA) is 111 Å². The summed E-state index contributed by atoms with van der Waals surface area (Å²) >= 11 is 2.14. The van der Waals surface area contributed by atoms with E-state index in [0.717, 1.165) is 33.2 Å². The van der Waals surface area contributed by atoms with Gasteiger partial charge in [0.05, 0.1) is 15.3 Å². The molecule has 11 heteroatoms. The molecule has 0 radical (unpaired) electrons. The van der Waals surface area contributed by atoms with Crippen molar-refractivity contribution in [2.75, 3.05) is 30.8 Å². The number of halogens is 2. The first-order valence-electron chi connectivity index (χ1n) is 11.6. The third-order valence-electron chi connectivity index (χ3n) is 6.35. The van der Waals surface area contributed by atoms with Gasteiger partial charge >= 0.3 is 0 Å². The molecule has 9 nitrogen and oxygen atoms in total. The van der Waals surface area contributed by atoms with Gasteiger partial charge in [-0.2, -0.15) is 10.1 Å². The van der Waals surface area contributed by atoms with Gasteiger partial charge in [0.2, 0.25) is 11.9 Å². The zero-order valence-corrected chi connectivity index (χ0v) is 22.4. The summed E-state index contributed by atoms with van der Waals surface area (Å²) in [6.07, 6.45) is 3.30. The number of carbonyl (C=O) groups excluding carboxylic acids is 1. The van der Waals surface area contributed by atoms with E-state index in [0.29, 0.717) is 30.4 Å². The van der Waals surface area contributed by atoms with Crippen LogP contribution in [-0.4, -0.2) is 57.2 Å². The maximum atomic E-state index is 15.1. The van der Waals surface area contributed by atoms with E-state index in [9.17, 15) is 4.79 Å². The molecule has 1 amide bonds. The zero-order valence-electron chi connectivity index (χ0n) is 20.2. The highest BCUT2D eigenvalue weighted by molar-refractivity contribution is 14.1. The van der Waals surface area contributed by atoms with Gasteiger partial charge in [-0.1, -0.05) is 0 Å². The third kappa shape index (κ3) is 5.89. The number of aromatic nitrogens is 4. The van der Waals surface area contributed by atoms with Crippen LogP contribution in [0.15, 0.2) is 24.4 Å². The third-order valence-corrected chi connectivity index (χ3v) is 7.14. The highest BCUT2D eigenvalue weighted by atomic mass is 127. The second-order valence-corrected chi connectivity index (χ2v) is 10.0. The van der Waals surface area contributed by atoms with E-state index < -0.39 is 0 Å². The summed E-state index contributed by atoms with van der Waals surface area (Å²) in [6.45, 7) is 7.13. The lowest BCUT2D eigenvalue weighted by Crippen LogP contribution is -2.46. The fraction of sp³-hybridized carbons (Fsp3) is 0.417. The van der Waals surface area contributed by atoms with E-state index in [1.807, 2.05) is 31.7 Å². The zero-order chi connectivity index (χ0) is 25.1. The van der Waals surface area contributed by atoms with E-state index in [1.54, 1.807) is 25.4 Å². The molecule has 0 aliphatic carbocycles. The summed E-state index contributed by atoms with van der Waals surface area (Å²) < 4.78 is 15.9. The van der Waals surface area contributed by atoms with Crippen molar-refractivity contribution in [2.45, 2.75) is 45.6 Å².